The Bertz CT molecular complexity index is 1160. The maximum absolute atomic E-state index is 12.4. The third kappa shape index (κ3) is 3.42. The van der Waals surface area contributed by atoms with Crippen LogP contribution in [0, 0.1) is 0 Å². The molecule has 5 nitrogen and oxygen atoms in total. The summed E-state index contributed by atoms with van der Waals surface area (Å²) >= 11 is 0. The van der Waals surface area contributed by atoms with E-state index < -0.39 is 5.63 Å². The predicted octanol–water partition coefficient (Wildman–Crippen LogP) is 5.22. The molecule has 0 spiro atoms. The minimum absolute atomic E-state index is 0.374. The molecular weight excluding hydrogens is 354 g/mol. The maximum atomic E-state index is 12.4. The van der Waals surface area contributed by atoms with Crippen molar-refractivity contribution >= 4 is 22.3 Å². The SMILES string of the molecule is COc1ccc(Nc2cc3c(-c4ccc(OC)cc4)cccc3oc2=O)cc1. The monoisotopic (exact) mass is 373 g/mol. The molecule has 0 unspecified atom stereocenters. The third-order valence-electron chi connectivity index (χ3n) is 4.55. The Morgan fingerprint density at radius 1 is 0.821 bits per heavy atom. The number of benzene rings is 3. The van der Waals surface area contributed by atoms with Gasteiger partial charge in [-0.3, -0.25) is 0 Å². The van der Waals surface area contributed by atoms with Crippen LogP contribution >= 0.6 is 0 Å². The zero-order chi connectivity index (χ0) is 19.5. The number of anilines is 2. The van der Waals surface area contributed by atoms with Crippen molar-refractivity contribution in [3.8, 4) is 22.6 Å². The Balaban J connectivity index is 1.77. The van der Waals surface area contributed by atoms with E-state index in [4.69, 9.17) is 13.9 Å². The second-order valence-electron chi connectivity index (χ2n) is 6.25. The molecular formula is C23H19NO4. The first-order valence-corrected chi connectivity index (χ1v) is 8.80. The van der Waals surface area contributed by atoms with E-state index in [0.717, 1.165) is 33.7 Å². The first-order valence-electron chi connectivity index (χ1n) is 8.80. The van der Waals surface area contributed by atoms with Gasteiger partial charge in [0.15, 0.2) is 0 Å². The second kappa shape index (κ2) is 7.48. The molecule has 0 saturated carbocycles. The van der Waals surface area contributed by atoms with E-state index in [2.05, 4.69) is 5.32 Å². The molecule has 3 aromatic carbocycles. The van der Waals surface area contributed by atoms with Gasteiger partial charge in [0, 0.05) is 11.1 Å². The summed E-state index contributed by atoms with van der Waals surface area (Å²) in [6.45, 7) is 0. The molecule has 1 aromatic heterocycles. The summed E-state index contributed by atoms with van der Waals surface area (Å²) in [4.78, 5) is 12.4. The van der Waals surface area contributed by atoms with Crippen LogP contribution in [-0.4, -0.2) is 14.2 Å². The van der Waals surface area contributed by atoms with Crippen molar-refractivity contribution in [3.05, 3.63) is 83.2 Å². The van der Waals surface area contributed by atoms with Crippen LogP contribution in [0.15, 0.2) is 82.0 Å². The summed E-state index contributed by atoms with van der Waals surface area (Å²) < 4.78 is 15.9. The Morgan fingerprint density at radius 3 is 2.11 bits per heavy atom. The van der Waals surface area contributed by atoms with Crippen LogP contribution in [0.4, 0.5) is 11.4 Å². The van der Waals surface area contributed by atoms with E-state index in [1.807, 2.05) is 66.7 Å². The van der Waals surface area contributed by atoms with E-state index in [-0.39, 0.29) is 0 Å². The van der Waals surface area contributed by atoms with Crippen LogP contribution in [0.5, 0.6) is 11.5 Å². The number of hydrogen-bond donors (Lipinski definition) is 1. The highest BCUT2D eigenvalue weighted by molar-refractivity contribution is 5.95. The average molecular weight is 373 g/mol. The number of ether oxygens (including phenoxy) is 2. The molecule has 1 heterocycles. The lowest BCUT2D eigenvalue weighted by atomic mass is 10.0. The maximum Gasteiger partial charge on any atom is 0.360 e. The molecule has 0 radical (unpaired) electrons. The fraction of sp³-hybridized carbons (Fsp3) is 0.0870. The summed E-state index contributed by atoms with van der Waals surface area (Å²) in [6, 6.07) is 22.6. The van der Waals surface area contributed by atoms with Crippen molar-refractivity contribution in [2.45, 2.75) is 0 Å². The number of hydrogen-bond acceptors (Lipinski definition) is 5. The average Bonchev–Trinajstić information content (AvgIpc) is 2.74. The van der Waals surface area contributed by atoms with Gasteiger partial charge in [-0.05, 0) is 59.7 Å². The van der Waals surface area contributed by atoms with Gasteiger partial charge >= 0.3 is 5.63 Å². The molecule has 0 aliphatic heterocycles. The minimum atomic E-state index is -0.421. The van der Waals surface area contributed by atoms with E-state index >= 15 is 0 Å². The molecule has 0 saturated heterocycles. The van der Waals surface area contributed by atoms with Crippen molar-refractivity contribution in [2.24, 2.45) is 0 Å². The van der Waals surface area contributed by atoms with Crippen LogP contribution in [0.1, 0.15) is 0 Å². The lowest BCUT2D eigenvalue weighted by molar-refractivity contribution is 0.415. The number of nitrogens with one attached hydrogen (secondary N) is 1. The number of methoxy groups -OCH3 is 2. The predicted molar refractivity (Wildman–Crippen MR) is 111 cm³/mol. The molecule has 140 valence electrons. The molecule has 0 bridgehead atoms. The van der Waals surface area contributed by atoms with Crippen molar-refractivity contribution in [3.63, 3.8) is 0 Å². The van der Waals surface area contributed by atoms with Gasteiger partial charge in [0.25, 0.3) is 0 Å². The van der Waals surface area contributed by atoms with Crippen molar-refractivity contribution in [2.75, 3.05) is 19.5 Å². The van der Waals surface area contributed by atoms with E-state index in [1.54, 1.807) is 20.3 Å². The molecule has 0 amide bonds. The van der Waals surface area contributed by atoms with Crippen molar-refractivity contribution < 1.29 is 13.9 Å². The molecule has 0 aliphatic carbocycles. The summed E-state index contributed by atoms with van der Waals surface area (Å²) in [5, 5.41) is 3.98. The fourth-order valence-corrected chi connectivity index (χ4v) is 3.08. The molecule has 4 rings (SSSR count). The summed E-state index contributed by atoms with van der Waals surface area (Å²) in [7, 11) is 3.25. The van der Waals surface area contributed by atoms with Gasteiger partial charge in [-0.1, -0.05) is 24.3 Å². The molecule has 28 heavy (non-hydrogen) atoms. The lowest BCUT2D eigenvalue weighted by Crippen LogP contribution is -2.06. The van der Waals surface area contributed by atoms with E-state index in [0.29, 0.717) is 11.3 Å². The van der Waals surface area contributed by atoms with E-state index in [9.17, 15) is 4.79 Å². The van der Waals surface area contributed by atoms with Crippen molar-refractivity contribution in [1.82, 2.24) is 0 Å². The highest BCUT2D eigenvalue weighted by Crippen LogP contribution is 2.31. The van der Waals surface area contributed by atoms with Crippen LogP contribution in [0.2, 0.25) is 0 Å². The smallest absolute Gasteiger partial charge is 0.360 e. The van der Waals surface area contributed by atoms with Gasteiger partial charge < -0.3 is 19.2 Å². The van der Waals surface area contributed by atoms with E-state index in [1.165, 1.54) is 0 Å². The fourth-order valence-electron chi connectivity index (χ4n) is 3.08. The van der Waals surface area contributed by atoms with Gasteiger partial charge in [-0.2, -0.15) is 0 Å². The van der Waals surface area contributed by atoms with Crippen LogP contribution in [-0.2, 0) is 0 Å². The lowest BCUT2D eigenvalue weighted by Gasteiger charge is -2.10. The zero-order valence-corrected chi connectivity index (χ0v) is 15.6. The summed E-state index contributed by atoms with van der Waals surface area (Å²) in [6.07, 6.45) is 0. The molecule has 5 heteroatoms. The normalized spacial score (nSPS) is 10.6. The van der Waals surface area contributed by atoms with Gasteiger partial charge in [-0.15, -0.1) is 0 Å². The number of rotatable bonds is 5. The van der Waals surface area contributed by atoms with Crippen molar-refractivity contribution in [1.29, 1.82) is 0 Å². The minimum Gasteiger partial charge on any atom is -0.497 e. The molecule has 1 N–H and O–H groups in total. The highest BCUT2D eigenvalue weighted by Gasteiger charge is 2.10. The van der Waals surface area contributed by atoms with Gasteiger partial charge in [0.05, 0.1) is 14.2 Å². The van der Waals surface area contributed by atoms with Crippen LogP contribution in [0.25, 0.3) is 22.1 Å². The highest BCUT2D eigenvalue weighted by atomic mass is 16.5. The Kier molecular flexibility index (Phi) is 4.72. The van der Waals surface area contributed by atoms with Crippen LogP contribution in [0.3, 0.4) is 0 Å². The molecule has 0 aliphatic rings. The summed E-state index contributed by atoms with van der Waals surface area (Å²) in [5.41, 5.74) is 3.25. The molecule has 4 aromatic rings. The Morgan fingerprint density at radius 2 is 1.46 bits per heavy atom. The third-order valence-corrected chi connectivity index (χ3v) is 4.55. The molecule has 0 atom stereocenters. The quantitative estimate of drug-likeness (QED) is 0.486. The Hall–Kier alpha value is -3.73. The largest absolute Gasteiger partial charge is 0.497 e. The van der Waals surface area contributed by atoms with Gasteiger partial charge in [-0.25, -0.2) is 4.79 Å². The van der Waals surface area contributed by atoms with Gasteiger partial charge in [0.2, 0.25) is 0 Å². The first-order chi connectivity index (χ1) is 13.7. The first kappa shape index (κ1) is 17.7. The molecule has 0 fully saturated rings. The topological polar surface area (TPSA) is 60.7 Å². The Labute approximate surface area is 162 Å². The summed E-state index contributed by atoms with van der Waals surface area (Å²) in [5.74, 6) is 1.54. The standard InChI is InChI=1S/C23H19NO4/c1-26-17-10-6-15(7-11-17)19-4-3-5-22-20(19)14-21(23(25)28-22)24-16-8-12-18(27-2)13-9-16/h3-14,24H,1-2H3. The van der Waals surface area contributed by atoms with Crippen LogP contribution < -0.4 is 20.4 Å². The number of fused-ring (bicyclic) bond motifs is 1. The van der Waals surface area contributed by atoms with Gasteiger partial charge in [0.1, 0.15) is 22.8 Å². The zero-order valence-electron chi connectivity index (χ0n) is 15.6. The second-order valence-corrected chi connectivity index (χ2v) is 6.25.